The van der Waals surface area contributed by atoms with Crippen LogP contribution in [0.1, 0.15) is 18.4 Å². The minimum Gasteiger partial charge on any atom is -0.497 e. The van der Waals surface area contributed by atoms with Gasteiger partial charge in [0.25, 0.3) is 5.56 Å². The number of fused-ring (bicyclic) bond motifs is 1. The van der Waals surface area contributed by atoms with Crippen LogP contribution >= 0.6 is 0 Å². The zero-order valence-corrected chi connectivity index (χ0v) is 21.5. The maximum Gasteiger partial charge on any atom is 0.284 e. The number of nitrogens with zero attached hydrogens (tertiary/aromatic N) is 5. The maximum absolute atomic E-state index is 15.6. The second-order valence-electron chi connectivity index (χ2n) is 9.74. The van der Waals surface area contributed by atoms with Crippen molar-refractivity contribution in [3.8, 4) is 28.3 Å². The lowest BCUT2D eigenvalue weighted by molar-refractivity contribution is 0.0793. The van der Waals surface area contributed by atoms with Gasteiger partial charge in [-0.2, -0.15) is 0 Å². The smallest absolute Gasteiger partial charge is 0.284 e. The van der Waals surface area contributed by atoms with E-state index < -0.39 is 11.4 Å². The molecule has 0 aliphatic carbocycles. The van der Waals surface area contributed by atoms with Crippen LogP contribution in [0.15, 0.2) is 84.2 Å². The summed E-state index contributed by atoms with van der Waals surface area (Å²) in [7, 11) is 1.59. The molecule has 9 heteroatoms. The first kappa shape index (κ1) is 25.0. The molecular weight excluding hydrogens is 497 g/mol. The molecule has 3 heterocycles. The molecule has 1 N–H and O–H groups in total. The van der Waals surface area contributed by atoms with Crippen molar-refractivity contribution >= 4 is 11.2 Å². The highest BCUT2D eigenvalue weighted by Crippen LogP contribution is 2.28. The second kappa shape index (κ2) is 10.4. The number of hydrogen-bond donors (Lipinski definition) is 1. The van der Waals surface area contributed by atoms with Crippen molar-refractivity contribution in [2.24, 2.45) is 0 Å². The molecule has 0 spiro atoms. The molecule has 198 valence electrons. The number of benzene rings is 3. The Labute approximate surface area is 224 Å². The van der Waals surface area contributed by atoms with Gasteiger partial charge in [-0.3, -0.25) is 18.8 Å². The van der Waals surface area contributed by atoms with Gasteiger partial charge in [-0.15, -0.1) is 0 Å². The van der Waals surface area contributed by atoms with Crippen LogP contribution in [-0.4, -0.2) is 55.4 Å². The van der Waals surface area contributed by atoms with Gasteiger partial charge in [0, 0.05) is 25.3 Å². The van der Waals surface area contributed by atoms with Gasteiger partial charge >= 0.3 is 0 Å². The van der Waals surface area contributed by atoms with Crippen LogP contribution in [0.5, 0.6) is 5.75 Å². The average molecular weight is 526 g/mol. The van der Waals surface area contributed by atoms with Crippen LogP contribution in [0, 0.1) is 5.82 Å². The average Bonchev–Trinajstić information content (AvgIpc) is 3.40. The molecule has 1 aliphatic heterocycles. The van der Waals surface area contributed by atoms with Crippen LogP contribution < -0.4 is 10.3 Å². The first-order chi connectivity index (χ1) is 19.0. The third-order valence-electron chi connectivity index (χ3n) is 7.30. The summed E-state index contributed by atoms with van der Waals surface area (Å²) in [5.74, 6) is 0.166. The Morgan fingerprint density at radius 1 is 0.974 bits per heavy atom. The monoisotopic (exact) mass is 525 g/mol. The van der Waals surface area contributed by atoms with Crippen molar-refractivity contribution in [3.63, 3.8) is 0 Å². The van der Waals surface area contributed by atoms with E-state index in [-0.39, 0.29) is 23.0 Å². The Balaban J connectivity index is 1.35. The van der Waals surface area contributed by atoms with Gasteiger partial charge in [-0.1, -0.05) is 30.3 Å². The van der Waals surface area contributed by atoms with E-state index in [0.29, 0.717) is 11.4 Å². The Morgan fingerprint density at radius 2 is 1.69 bits per heavy atom. The van der Waals surface area contributed by atoms with Crippen molar-refractivity contribution in [2.75, 3.05) is 20.2 Å². The van der Waals surface area contributed by atoms with Crippen molar-refractivity contribution in [1.29, 1.82) is 0 Å². The summed E-state index contributed by atoms with van der Waals surface area (Å²) in [6.07, 6.45) is 4.13. The number of hydrogen-bond acceptors (Lipinski definition) is 6. The quantitative estimate of drug-likeness (QED) is 0.355. The zero-order valence-electron chi connectivity index (χ0n) is 21.5. The molecule has 5 aromatic rings. The van der Waals surface area contributed by atoms with Crippen molar-refractivity contribution < 1.29 is 14.2 Å². The molecule has 1 fully saturated rings. The van der Waals surface area contributed by atoms with E-state index >= 15 is 4.39 Å². The van der Waals surface area contributed by atoms with Crippen LogP contribution in [0.2, 0.25) is 0 Å². The highest BCUT2D eigenvalue weighted by molar-refractivity contribution is 5.73. The van der Waals surface area contributed by atoms with E-state index in [1.165, 1.54) is 23.3 Å². The lowest BCUT2D eigenvalue weighted by atomic mass is 9.98. The van der Waals surface area contributed by atoms with Gasteiger partial charge in [-0.25, -0.2) is 14.4 Å². The highest BCUT2D eigenvalue weighted by atomic mass is 19.1. The standard InChI is InChI=1S/C30H28FN5O3/c1-39-24-9-7-22(8-10-24)35-18-32-29-28(35)30(38)36(19-33-29)27-11-6-20(16-26(27)31)25-5-3-2-4-21(25)17-34-14-12-23(37)13-15-34/h2-11,16,18-19,23,37H,12-15,17H2,1H3. The summed E-state index contributed by atoms with van der Waals surface area (Å²) in [5.41, 5.74) is 3.69. The lowest BCUT2D eigenvalue weighted by Gasteiger charge is -2.30. The van der Waals surface area contributed by atoms with E-state index in [0.717, 1.165) is 49.2 Å². The van der Waals surface area contributed by atoms with E-state index in [4.69, 9.17) is 4.74 Å². The predicted octanol–water partition coefficient (Wildman–Crippen LogP) is 4.34. The molecule has 6 rings (SSSR count). The van der Waals surface area contributed by atoms with E-state index in [9.17, 15) is 9.90 Å². The fraction of sp³-hybridized carbons (Fsp3) is 0.233. The zero-order chi connectivity index (χ0) is 26.9. The molecule has 2 aromatic heterocycles. The Hall–Kier alpha value is -4.34. The van der Waals surface area contributed by atoms with Gasteiger partial charge in [-0.05, 0) is 65.9 Å². The normalized spacial score (nSPS) is 14.6. The number of likely N-dealkylation sites (tertiary alicyclic amines) is 1. The fourth-order valence-corrected chi connectivity index (χ4v) is 5.15. The Morgan fingerprint density at radius 3 is 2.41 bits per heavy atom. The SMILES string of the molecule is COc1ccc(-n2cnc3ncn(-c4ccc(-c5ccccc5CN5CCC(O)CC5)cc4F)c(=O)c32)cc1. The molecule has 0 radical (unpaired) electrons. The molecule has 1 saturated heterocycles. The van der Waals surface area contributed by atoms with Crippen molar-refractivity contribution in [2.45, 2.75) is 25.5 Å². The summed E-state index contributed by atoms with van der Waals surface area (Å²) in [4.78, 5) is 24.5. The molecule has 0 saturated carbocycles. The highest BCUT2D eigenvalue weighted by Gasteiger charge is 2.19. The van der Waals surface area contributed by atoms with Crippen LogP contribution in [-0.2, 0) is 6.54 Å². The van der Waals surface area contributed by atoms with Gasteiger partial charge < -0.3 is 9.84 Å². The predicted molar refractivity (Wildman–Crippen MR) is 147 cm³/mol. The molecule has 39 heavy (non-hydrogen) atoms. The number of aliphatic hydroxyl groups excluding tert-OH is 1. The maximum atomic E-state index is 15.6. The number of ether oxygens (including phenoxy) is 1. The van der Waals surface area contributed by atoms with E-state index in [1.807, 2.05) is 36.4 Å². The number of aromatic nitrogens is 4. The molecule has 1 aliphatic rings. The molecule has 0 amide bonds. The third kappa shape index (κ3) is 4.82. The number of methoxy groups -OCH3 is 1. The fourth-order valence-electron chi connectivity index (χ4n) is 5.15. The molecule has 0 atom stereocenters. The first-order valence-corrected chi connectivity index (χ1v) is 12.9. The first-order valence-electron chi connectivity index (χ1n) is 12.9. The number of rotatable bonds is 6. The summed E-state index contributed by atoms with van der Waals surface area (Å²) in [5, 5.41) is 9.83. The van der Waals surface area contributed by atoms with E-state index in [2.05, 4.69) is 20.9 Å². The number of imidazole rings is 1. The van der Waals surface area contributed by atoms with Gasteiger partial charge in [0.1, 0.15) is 24.2 Å². The topological polar surface area (TPSA) is 85.4 Å². The summed E-state index contributed by atoms with van der Waals surface area (Å²) >= 11 is 0. The summed E-state index contributed by atoms with van der Waals surface area (Å²) < 4.78 is 23.7. The second-order valence-corrected chi connectivity index (χ2v) is 9.74. The Kier molecular flexibility index (Phi) is 6.68. The molecule has 0 unspecified atom stereocenters. The van der Waals surface area contributed by atoms with Gasteiger partial charge in [0.05, 0.1) is 18.9 Å². The van der Waals surface area contributed by atoms with Crippen molar-refractivity contribution in [3.05, 3.63) is 101 Å². The van der Waals surface area contributed by atoms with E-state index in [1.54, 1.807) is 29.9 Å². The molecule has 3 aromatic carbocycles. The Bertz CT molecular complexity index is 1690. The van der Waals surface area contributed by atoms with Gasteiger partial charge in [0.2, 0.25) is 0 Å². The molecular formula is C30H28FN5O3. The van der Waals surface area contributed by atoms with Crippen LogP contribution in [0.3, 0.4) is 0 Å². The number of aliphatic hydroxyl groups is 1. The third-order valence-corrected chi connectivity index (χ3v) is 7.30. The number of halogens is 1. The molecule has 0 bridgehead atoms. The summed E-state index contributed by atoms with van der Waals surface area (Å²) in [6, 6.07) is 20.1. The number of piperidine rings is 1. The largest absolute Gasteiger partial charge is 0.497 e. The minimum atomic E-state index is -0.526. The lowest BCUT2D eigenvalue weighted by Crippen LogP contribution is -2.35. The van der Waals surface area contributed by atoms with Crippen LogP contribution in [0.25, 0.3) is 33.7 Å². The molecule has 8 nitrogen and oxygen atoms in total. The van der Waals surface area contributed by atoms with Crippen LogP contribution in [0.4, 0.5) is 4.39 Å². The minimum absolute atomic E-state index is 0.114. The van der Waals surface area contributed by atoms with Gasteiger partial charge in [0.15, 0.2) is 11.2 Å². The summed E-state index contributed by atoms with van der Waals surface area (Å²) in [6.45, 7) is 2.38. The van der Waals surface area contributed by atoms with Crippen molar-refractivity contribution in [1.82, 2.24) is 24.0 Å².